The fourth-order valence-electron chi connectivity index (χ4n) is 3.78. The maximum Gasteiger partial charge on any atom is 0.290 e. The van der Waals surface area contributed by atoms with E-state index in [4.69, 9.17) is 9.15 Å². The number of hydrogen-bond acceptors (Lipinski definition) is 4. The third kappa shape index (κ3) is 3.21. The molecule has 0 spiro atoms. The molecule has 1 aliphatic rings. The summed E-state index contributed by atoms with van der Waals surface area (Å²) in [4.78, 5) is 17.3. The highest BCUT2D eigenvalue weighted by molar-refractivity contribution is 5.99. The fraction of sp³-hybridized carbons (Fsp3) is 0.348. The first-order chi connectivity index (χ1) is 13.5. The average Bonchev–Trinajstić information content (AvgIpc) is 3.03. The standard InChI is InChI=1S/C23H26N2O3/c1-15-13-20-17(3)22(28-21(20)14-16(15)2)23(26)25-11-9-24(10-12-25)18-5-7-19(27-4)8-6-18/h5-8,13-14H,9-12H2,1-4H3. The van der Waals surface area contributed by atoms with Crippen LogP contribution in [-0.4, -0.2) is 44.1 Å². The number of amides is 1. The first-order valence-electron chi connectivity index (χ1n) is 9.66. The van der Waals surface area contributed by atoms with Crippen molar-refractivity contribution < 1.29 is 13.9 Å². The first kappa shape index (κ1) is 18.4. The van der Waals surface area contributed by atoms with Crippen molar-refractivity contribution in [2.45, 2.75) is 20.8 Å². The molecule has 2 aromatic carbocycles. The minimum absolute atomic E-state index is 0.0154. The Hall–Kier alpha value is -2.95. The number of furan rings is 1. The lowest BCUT2D eigenvalue weighted by molar-refractivity contribution is 0.0716. The number of fused-ring (bicyclic) bond motifs is 1. The van der Waals surface area contributed by atoms with Gasteiger partial charge in [-0.15, -0.1) is 0 Å². The largest absolute Gasteiger partial charge is 0.497 e. The first-order valence-corrected chi connectivity index (χ1v) is 9.66. The number of piperazine rings is 1. The number of benzene rings is 2. The van der Waals surface area contributed by atoms with Gasteiger partial charge in [-0.3, -0.25) is 4.79 Å². The minimum Gasteiger partial charge on any atom is -0.497 e. The lowest BCUT2D eigenvalue weighted by Crippen LogP contribution is -2.48. The highest BCUT2D eigenvalue weighted by Crippen LogP contribution is 2.29. The van der Waals surface area contributed by atoms with Crippen LogP contribution in [0.25, 0.3) is 11.0 Å². The van der Waals surface area contributed by atoms with E-state index >= 15 is 0 Å². The van der Waals surface area contributed by atoms with Crippen molar-refractivity contribution in [1.29, 1.82) is 0 Å². The zero-order chi connectivity index (χ0) is 19.8. The molecule has 0 unspecified atom stereocenters. The van der Waals surface area contributed by atoms with Gasteiger partial charge >= 0.3 is 0 Å². The van der Waals surface area contributed by atoms with Gasteiger partial charge in [0, 0.05) is 42.8 Å². The summed E-state index contributed by atoms with van der Waals surface area (Å²) in [5, 5.41) is 1.03. The van der Waals surface area contributed by atoms with Crippen LogP contribution < -0.4 is 9.64 Å². The van der Waals surface area contributed by atoms with Crippen molar-refractivity contribution in [2.75, 3.05) is 38.2 Å². The Morgan fingerprint density at radius 1 is 0.964 bits per heavy atom. The van der Waals surface area contributed by atoms with Crippen molar-refractivity contribution in [3.8, 4) is 5.75 Å². The highest BCUT2D eigenvalue weighted by atomic mass is 16.5. The van der Waals surface area contributed by atoms with Gasteiger partial charge in [0.05, 0.1) is 7.11 Å². The molecule has 0 radical (unpaired) electrons. The molecule has 146 valence electrons. The molecule has 0 saturated carbocycles. The van der Waals surface area contributed by atoms with E-state index in [1.807, 2.05) is 30.0 Å². The summed E-state index contributed by atoms with van der Waals surface area (Å²) in [7, 11) is 1.67. The van der Waals surface area contributed by atoms with E-state index in [0.29, 0.717) is 18.8 Å². The second kappa shape index (κ2) is 7.23. The number of rotatable bonds is 3. The summed E-state index contributed by atoms with van der Waals surface area (Å²) in [6.07, 6.45) is 0. The average molecular weight is 378 g/mol. The molecule has 2 heterocycles. The maximum atomic E-state index is 13.1. The van der Waals surface area contributed by atoms with Gasteiger partial charge < -0.3 is 19.0 Å². The third-order valence-corrected chi connectivity index (χ3v) is 5.75. The molecule has 1 aliphatic heterocycles. The topological polar surface area (TPSA) is 45.9 Å². The second-order valence-electron chi connectivity index (χ2n) is 7.47. The molecule has 5 heteroatoms. The van der Waals surface area contributed by atoms with Crippen LogP contribution in [0.2, 0.25) is 0 Å². The quantitative estimate of drug-likeness (QED) is 0.681. The fourth-order valence-corrected chi connectivity index (χ4v) is 3.78. The van der Waals surface area contributed by atoms with Crippen molar-refractivity contribution in [1.82, 2.24) is 4.90 Å². The number of ether oxygens (including phenoxy) is 1. The zero-order valence-corrected chi connectivity index (χ0v) is 16.9. The molecule has 0 bridgehead atoms. The summed E-state index contributed by atoms with van der Waals surface area (Å²) in [5.74, 6) is 1.31. The van der Waals surface area contributed by atoms with Gasteiger partial charge in [0.1, 0.15) is 11.3 Å². The summed E-state index contributed by atoms with van der Waals surface area (Å²) < 4.78 is 11.2. The smallest absolute Gasteiger partial charge is 0.290 e. The molecule has 1 fully saturated rings. The Morgan fingerprint density at radius 3 is 2.25 bits per heavy atom. The Kier molecular flexibility index (Phi) is 4.75. The predicted octanol–water partition coefficient (Wildman–Crippen LogP) is 4.33. The van der Waals surface area contributed by atoms with Gasteiger partial charge in [-0.05, 0) is 68.3 Å². The van der Waals surface area contributed by atoms with Crippen molar-refractivity contribution in [3.63, 3.8) is 0 Å². The zero-order valence-electron chi connectivity index (χ0n) is 16.9. The number of methoxy groups -OCH3 is 1. The van der Waals surface area contributed by atoms with E-state index in [2.05, 4.69) is 36.9 Å². The number of nitrogens with zero attached hydrogens (tertiary/aromatic N) is 2. The van der Waals surface area contributed by atoms with Gasteiger partial charge in [-0.1, -0.05) is 0 Å². The highest BCUT2D eigenvalue weighted by Gasteiger charge is 2.27. The molecular formula is C23H26N2O3. The van der Waals surface area contributed by atoms with Crippen LogP contribution in [0.3, 0.4) is 0 Å². The number of carbonyl (C=O) groups is 1. The van der Waals surface area contributed by atoms with Gasteiger partial charge in [0.2, 0.25) is 0 Å². The molecule has 0 aliphatic carbocycles. The molecular weight excluding hydrogens is 352 g/mol. The van der Waals surface area contributed by atoms with Crippen LogP contribution in [0, 0.1) is 20.8 Å². The predicted molar refractivity (Wildman–Crippen MR) is 112 cm³/mol. The Morgan fingerprint density at radius 2 is 1.61 bits per heavy atom. The molecule has 5 nitrogen and oxygen atoms in total. The monoisotopic (exact) mass is 378 g/mol. The maximum absolute atomic E-state index is 13.1. The van der Waals surface area contributed by atoms with Crippen molar-refractivity contribution >= 4 is 22.6 Å². The van der Waals surface area contributed by atoms with Gasteiger partial charge in [-0.2, -0.15) is 0 Å². The number of carbonyl (C=O) groups excluding carboxylic acids is 1. The van der Waals surface area contributed by atoms with Gasteiger partial charge in [-0.25, -0.2) is 0 Å². The normalized spacial score (nSPS) is 14.6. The van der Waals surface area contributed by atoms with E-state index < -0.39 is 0 Å². The summed E-state index contributed by atoms with van der Waals surface area (Å²) in [5.41, 5.74) is 5.26. The summed E-state index contributed by atoms with van der Waals surface area (Å²) >= 11 is 0. The third-order valence-electron chi connectivity index (χ3n) is 5.75. The molecule has 1 amide bonds. The van der Waals surface area contributed by atoms with E-state index in [-0.39, 0.29) is 5.91 Å². The molecule has 1 saturated heterocycles. The van der Waals surface area contributed by atoms with Gasteiger partial charge in [0.15, 0.2) is 5.76 Å². The number of hydrogen-bond donors (Lipinski definition) is 0. The Balaban J connectivity index is 1.49. The lowest BCUT2D eigenvalue weighted by atomic mass is 10.0. The minimum atomic E-state index is -0.0154. The number of anilines is 1. The molecule has 1 aromatic heterocycles. The Bertz CT molecular complexity index is 1010. The molecule has 4 rings (SSSR count). The number of aryl methyl sites for hydroxylation is 3. The van der Waals surface area contributed by atoms with Crippen LogP contribution in [0.4, 0.5) is 5.69 Å². The van der Waals surface area contributed by atoms with Crippen LogP contribution in [-0.2, 0) is 0 Å². The molecule has 0 N–H and O–H groups in total. The van der Waals surface area contributed by atoms with Gasteiger partial charge in [0.25, 0.3) is 5.91 Å². The molecule has 3 aromatic rings. The van der Waals surface area contributed by atoms with E-state index in [1.54, 1.807) is 7.11 Å². The molecule has 0 atom stereocenters. The lowest BCUT2D eigenvalue weighted by Gasteiger charge is -2.35. The van der Waals surface area contributed by atoms with Crippen LogP contribution >= 0.6 is 0 Å². The SMILES string of the molecule is COc1ccc(N2CCN(C(=O)c3oc4cc(C)c(C)cc4c3C)CC2)cc1. The van der Waals surface area contributed by atoms with Crippen molar-refractivity contribution in [3.05, 3.63) is 58.8 Å². The van der Waals surface area contributed by atoms with Crippen molar-refractivity contribution in [2.24, 2.45) is 0 Å². The summed E-state index contributed by atoms with van der Waals surface area (Å²) in [6, 6.07) is 12.2. The van der Waals surface area contributed by atoms with Crippen LogP contribution in [0.15, 0.2) is 40.8 Å². The van der Waals surface area contributed by atoms with Crippen LogP contribution in [0.1, 0.15) is 27.2 Å². The molecule has 28 heavy (non-hydrogen) atoms. The summed E-state index contributed by atoms with van der Waals surface area (Å²) in [6.45, 7) is 9.08. The Labute approximate surface area is 165 Å². The van der Waals surface area contributed by atoms with E-state index in [1.165, 1.54) is 11.1 Å². The van der Waals surface area contributed by atoms with Crippen LogP contribution in [0.5, 0.6) is 5.75 Å². The second-order valence-corrected chi connectivity index (χ2v) is 7.47. The van der Waals surface area contributed by atoms with E-state index in [9.17, 15) is 4.79 Å². The van der Waals surface area contributed by atoms with E-state index in [0.717, 1.165) is 41.1 Å².